The van der Waals surface area contributed by atoms with E-state index in [2.05, 4.69) is 9.88 Å². The van der Waals surface area contributed by atoms with Crippen molar-refractivity contribution in [1.29, 1.82) is 5.26 Å². The van der Waals surface area contributed by atoms with Crippen molar-refractivity contribution in [2.45, 2.75) is 6.54 Å². The van der Waals surface area contributed by atoms with Crippen LogP contribution in [-0.2, 0) is 16.0 Å². The van der Waals surface area contributed by atoms with Crippen molar-refractivity contribution in [3.05, 3.63) is 29.6 Å². The highest BCUT2D eigenvalue weighted by atomic mass is 16.5. The quantitative estimate of drug-likeness (QED) is 0.515. The van der Waals surface area contributed by atoms with Crippen molar-refractivity contribution in [3.8, 4) is 6.07 Å². The van der Waals surface area contributed by atoms with Crippen LogP contribution in [-0.4, -0.2) is 72.8 Å². The topological polar surface area (TPSA) is 98.8 Å². The number of rotatable bonds is 12. The minimum Gasteiger partial charge on any atom is -0.394 e. The first-order valence-corrected chi connectivity index (χ1v) is 7.24. The second-order valence-electron chi connectivity index (χ2n) is 4.61. The Bertz CT molecular complexity index is 439. The Morgan fingerprint density at radius 1 is 1.09 bits per heavy atom. The molecule has 1 rings (SSSR count). The van der Waals surface area contributed by atoms with Gasteiger partial charge in [0.2, 0.25) is 0 Å². The summed E-state index contributed by atoms with van der Waals surface area (Å²) in [5.41, 5.74) is 1.39. The lowest BCUT2D eigenvalue weighted by atomic mass is 10.2. The van der Waals surface area contributed by atoms with Crippen LogP contribution in [0.5, 0.6) is 0 Å². The van der Waals surface area contributed by atoms with Crippen molar-refractivity contribution in [1.82, 2.24) is 9.88 Å². The Hall–Kier alpha value is -1.56. The second-order valence-corrected chi connectivity index (χ2v) is 4.61. The third-order valence-electron chi connectivity index (χ3n) is 2.92. The minimum atomic E-state index is 0.00942. The highest BCUT2D eigenvalue weighted by Crippen LogP contribution is 2.06. The number of pyridine rings is 1. The number of hydrogen-bond acceptors (Lipinski definition) is 7. The Labute approximate surface area is 130 Å². The number of aliphatic hydroxyl groups excluding tert-OH is 2. The van der Waals surface area contributed by atoms with Crippen LogP contribution >= 0.6 is 0 Å². The molecular weight excluding hydrogens is 286 g/mol. The van der Waals surface area contributed by atoms with E-state index in [1.807, 2.05) is 12.1 Å². The van der Waals surface area contributed by atoms with E-state index in [1.165, 1.54) is 0 Å². The minimum absolute atomic E-state index is 0.00942. The van der Waals surface area contributed by atoms with Crippen LogP contribution in [0.15, 0.2) is 18.3 Å². The van der Waals surface area contributed by atoms with E-state index in [0.29, 0.717) is 51.8 Å². The van der Waals surface area contributed by atoms with Crippen LogP contribution in [0.3, 0.4) is 0 Å². The van der Waals surface area contributed by atoms with Gasteiger partial charge in [-0.25, -0.2) is 4.98 Å². The van der Waals surface area contributed by atoms with Crippen molar-refractivity contribution < 1.29 is 19.7 Å². The zero-order valence-corrected chi connectivity index (χ0v) is 12.6. The fraction of sp³-hybridized carbons (Fsp3) is 0.600. The van der Waals surface area contributed by atoms with E-state index >= 15 is 0 Å². The van der Waals surface area contributed by atoms with E-state index in [9.17, 15) is 0 Å². The first-order chi connectivity index (χ1) is 10.8. The van der Waals surface area contributed by atoms with Gasteiger partial charge in [0.25, 0.3) is 0 Å². The lowest BCUT2D eigenvalue weighted by Gasteiger charge is -2.22. The summed E-state index contributed by atoms with van der Waals surface area (Å²) in [5, 5.41) is 26.3. The first-order valence-electron chi connectivity index (χ1n) is 7.24. The molecule has 0 saturated carbocycles. The van der Waals surface area contributed by atoms with Gasteiger partial charge in [0, 0.05) is 25.8 Å². The molecule has 122 valence electrons. The van der Waals surface area contributed by atoms with Crippen molar-refractivity contribution in [3.63, 3.8) is 0 Å². The number of aromatic nitrogens is 1. The molecule has 0 atom stereocenters. The molecule has 0 aliphatic heterocycles. The average molecular weight is 309 g/mol. The molecule has 0 radical (unpaired) electrons. The van der Waals surface area contributed by atoms with Crippen LogP contribution in [0.25, 0.3) is 0 Å². The van der Waals surface area contributed by atoms with Crippen LogP contribution in [0.1, 0.15) is 11.3 Å². The molecule has 0 bridgehead atoms. The first kappa shape index (κ1) is 18.5. The molecular formula is C15H23N3O4. The van der Waals surface area contributed by atoms with Crippen molar-refractivity contribution in [2.24, 2.45) is 0 Å². The zero-order valence-electron chi connectivity index (χ0n) is 12.6. The Morgan fingerprint density at radius 3 is 2.27 bits per heavy atom. The summed E-state index contributed by atoms with van der Waals surface area (Å²) in [6, 6.07) is 5.66. The highest BCUT2D eigenvalue weighted by molar-refractivity contribution is 5.25. The number of hydrogen-bond donors (Lipinski definition) is 2. The number of nitriles is 1. The van der Waals surface area contributed by atoms with E-state index < -0.39 is 0 Å². The molecule has 0 aliphatic rings. The largest absolute Gasteiger partial charge is 0.394 e. The maximum absolute atomic E-state index is 8.88. The number of nitrogens with zero attached hydrogens (tertiary/aromatic N) is 3. The molecule has 0 aromatic carbocycles. The molecule has 0 aliphatic carbocycles. The van der Waals surface area contributed by atoms with Gasteiger partial charge in [-0.3, -0.25) is 4.90 Å². The third kappa shape index (κ3) is 8.02. The molecule has 0 saturated heterocycles. The van der Waals surface area contributed by atoms with E-state index in [1.54, 1.807) is 12.3 Å². The van der Waals surface area contributed by atoms with Gasteiger partial charge < -0.3 is 19.7 Å². The maximum atomic E-state index is 8.88. The predicted octanol–water partition coefficient (Wildman–Crippen LogP) is -0.227. The SMILES string of the molecule is N#Cc1cc(CN(CCOCCO)CCOCCO)ccn1. The van der Waals surface area contributed by atoms with Gasteiger partial charge >= 0.3 is 0 Å². The molecule has 1 aromatic heterocycles. The van der Waals surface area contributed by atoms with Gasteiger partial charge in [0.15, 0.2) is 0 Å². The fourth-order valence-electron chi connectivity index (χ4n) is 1.88. The molecule has 0 fully saturated rings. The van der Waals surface area contributed by atoms with Gasteiger partial charge in [0.05, 0.1) is 39.6 Å². The summed E-state index contributed by atoms with van der Waals surface area (Å²) in [7, 11) is 0. The van der Waals surface area contributed by atoms with Crippen LogP contribution in [0, 0.1) is 11.3 Å². The molecule has 7 heteroatoms. The summed E-state index contributed by atoms with van der Waals surface area (Å²) in [5.74, 6) is 0. The Balaban J connectivity index is 2.49. The van der Waals surface area contributed by atoms with Gasteiger partial charge in [-0.1, -0.05) is 0 Å². The van der Waals surface area contributed by atoms with Gasteiger partial charge in [-0.05, 0) is 17.7 Å². The van der Waals surface area contributed by atoms with E-state index in [-0.39, 0.29) is 13.2 Å². The molecule has 1 heterocycles. The van der Waals surface area contributed by atoms with Gasteiger partial charge in [0.1, 0.15) is 11.8 Å². The summed E-state index contributed by atoms with van der Waals surface area (Å²) in [6.07, 6.45) is 1.62. The molecule has 22 heavy (non-hydrogen) atoms. The molecule has 0 spiro atoms. The lowest BCUT2D eigenvalue weighted by Crippen LogP contribution is -2.31. The molecule has 0 unspecified atom stereocenters. The lowest BCUT2D eigenvalue weighted by molar-refractivity contribution is 0.0486. The summed E-state index contributed by atoms with van der Waals surface area (Å²) in [4.78, 5) is 6.08. The average Bonchev–Trinajstić information content (AvgIpc) is 2.55. The van der Waals surface area contributed by atoms with Crippen molar-refractivity contribution >= 4 is 0 Å². The Kier molecular flexibility index (Phi) is 10.1. The number of ether oxygens (including phenoxy) is 2. The molecule has 1 aromatic rings. The highest BCUT2D eigenvalue weighted by Gasteiger charge is 2.07. The van der Waals surface area contributed by atoms with Crippen LogP contribution in [0.4, 0.5) is 0 Å². The monoisotopic (exact) mass is 309 g/mol. The van der Waals surface area contributed by atoms with Gasteiger partial charge in [-0.2, -0.15) is 5.26 Å². The molecule has 2 N–H and O–H groups in total. The zero-order chi connectivity index (χ0) is 16.0. The van der Waals surface area contributed by atoms with E-state index in [0.717, 1.165) is 5.56 Å². The summed E-state index contributed by atoms with van der Waals surface area (Å²) < 4.78 is 10.6. The normalized spacial score (nSPS) is 10.8. The summed E-state index contributed by atoms with van der Waals surface area (Å²) >= 11 is 0. The molecule has 7 nitrogen and oxygen atoms in total. The smallest absolute Gasteiger partial charge is 0.140 e. The van der Waals surface area contributed by atoms with Crippen LogP contribution < -0.4 is 0 Å². The van der Waals surface area contributed by atoms with E-state index in [4.69, 9.17) is 24.9 Å². The fourth-order valence-corrected chi connectivity index (χ4v) is 1.88. The standard InChI is InChI=1S/C15H23N3O4/c16-12-15-11-14(1-2-17-15)13-18(3-7-21-9-5-19)4-8-22-10-6-20/h1-2,11,19-20H,3-10,13H2. The Morgan fingerprint density at radius 2 is 1.73 bits per heavy atom. The number of aliphatic hydroxyl groups is 2. The maximum Gasteiger partial charge on any atom is 0.140 e. The molecule has 0 amide bonds. The summed E-state index contributed by atoms with van der Waals surface area (Å²) in [6.45, 7) is 3.71. The third-order valence-corrected chi connectivity index (χ3v) is 2.92. The second kappa shape index (κ2) is 12.0. The van der Waals surface area contributed by atoms with Crippen molar-refractivity contribution in [2.75, 3.05) is 52.7 Å². The van der Waals surface area contributed by atoms with Crippen LogP contribution in [0.2, 0.25) is 0 Å². The predicted molar refractivity (Wildman–Crippen MR) is 80.0 cm³/mol. The van der Waals surface area contributed by atoms with Gasteiger partial charge in [-0.15, -0.1) is 0 Å².